The van der Waals surface area contributed by atoms with Gasteiger partial charge in [0.15, 0.2) is 0 Å². The highest BCUT2D eigenvalue weighted by Crippen LogP contribution is 2.29. The van der Waals surface area contributed by atoms with Gasteiger partial charge in [0.1, 0.15) is 6.10 Å². The van der Waals surface area contributed by atoms with Crippen LogP contribution in [0.1, 0.15) is 38.7 Å². The molecule has 130 valence electrons. The van der Waals surface area contributed by atoms with E-state index in [-0.39, 0.29) is 30.5 Å². The van der Waals surface area contributed by atoms with Gasteiger partial charge in [0.25, 0.3) is 5.91 Å². The second-order valence-corrected chi connectivity index (χ2v) is 7.37. The fourth-order valence-corrected chi connectivity index (χ4v) is 3.47. The number of anilines is 1. The Kier molecular flexibility index (Phi) is 8.40. The molecule has 3 N–H and O–H groups in total. The maximum Gasteiger partial charge on any atom is 0.253 e. The Morgan fingerprint density at radius 3 is 2.78 bits per heavy atom. The molecular weight excluding hydrogens is 332 g/mol. The van der Waals surface area contributed by atoms with E-state index >= 15 is 0 Å². The number of thioether (sulfide) groups is 1. The van der Waals surface area contributed by atoms with E-state index in [1.807, 2.05) is 24.8 Å². The third kappa shape index (κ3) is 5.68. The Morgan fingerprint density at radius 1 is 1.48 bits per heavy atom. The van der Waals surface area contributed by atoms with Crippen molar-refractivity contribution in [2.24, 2.45) is 5.73 Å². The van der Waals surface area contributed by atoms with Crippen LogP contribution in [0.2, 0.25) is 0 Å². The smallest absolute Gasteiger partial charge is 0.253 e. The third-order valence-corrected chi connectivity index (χ3v) is 5.29. The monoisotopic (exact) mass is 358 g/mol. The molecule has 1 fully saturated rings. The molecule has 3 atom stereocenters. The minimum absolute atomic E-state index is 0. The average molecular weight is 359 g/mol. The predicted octanol–water partition coefficient (Wildman–Crippen LogP) is 3.75. The number of hydrogen-bond acceptors (Lipinski definition) is 4. The maximum atomic E-state index is 12.3. The molecular formula is C17H27ClN2O2S. The molecule has 0 saturated carbocycles. The van der Waals surface area contributed by atoms with Crippen molar-refractivity contribution in [1.29, 1.82) is 0 Å². The van der Waals surface area contributed by atoms with Crippen molar-refractivity contribution in [3.8, 4) is 0 Å². The summed E-state index contributed by atoms with van der Waals surface area (Å²) in [5.74, 6) is -0.0682. The van der Waals surface area contributed by atoms with Crippen molar-refractivity contribution >= 4 is 35.8 Å². The zero-order valence-electron chi connectivity index (χ0n) is 14.0. The number of ether oxygens (including phenoxy) is 1. The minimum atomic E-state index is -0.373. The van der Waals surface area contributed by atoms with Crippen molar-refractivity contribution in [3.63, 3.8) is 0 Å². The van der Waals surface area contributed by atoms with Gasteiger partial charge >= 0.3 is 0 Å². The van der Waals surface area contributed by atoms with Gasteiger partial charge < -0.3 is 15.8 Å². The number of amides is 1. The molecule has 0 radical (unpaired) electrons. The zero-order chi connectivity index (χ0) is 16.1. The van der Waals surface area contributed by atoms with Gasteiger partial charge in [-0.15, -0.1) is 24.2 Å². The summed E-state index contributed by atoms with van der Waals surface area (Å²) in [5.41, 5.74) is 7.52. The fraction of sp³-hybridized carbons (Fsp3) is 0.588. The number of nitrogens with one attached hydrogen (secondary N) is 1. The van der Waals surface area contributed by atoms with Gasteiger partial charge in [-0.1, -0.05) is 13.8 Å². The summed E-state index contributed by atoms with van der Waals surface area (Å²) in [6.07, 6.45) is 2.39. The molecule has 1 aromatic carbocycles. The van der Waals surface area contributed by atoms with Gasteiger partial charge in [-0.05, 0) is 49.9 Å². The van der Waals surface area contributed by atoms with Gasteiger partial charge in [0, 0.05) is 22.4 Å². The lowest BCUT2D eigenvalue weighted by molar-refractivity contribution is -0.126. The van der Waals surface area contributed by atoms with Crippen LogP contribution in [-0.2, 0) is 9.53 Å². The molecule has 23 heavy (non-hydrogen) atoms. The van der Waals surface area contributed by atoms with Crippen LogP contribution in [0.4, 0.5) is 5.69 Å². The summed E-state index contributed by atoms with van der Waals surface area (Å²) >= 11 is 1.86. The number of aryl methyl sites for hydroxylation is 1. The normalized spacial score (nSPS) is 21.6. The zero-order valence-corrected chi connectivity index (χ0v) is 15.6. The summed E-state index contributed by atoms with van der Waals surface area (Å²) in [6.45, 7) is 6.91. The molecule has 0 aliphatic carbocycles. The first-order valence-electron chi connectivity index (χ1n) is 7.97. The number of benzene rings is 1. The van der Waals surface area contributed by atoms with Gasteiger partial charge in [-0.2, -0.15) is 0 Å². The molecule has 1 aromatic rings. The van der Waals surface area contributed by atoms with E-state index in [1.54, 1.807) is 0 Å². The van der Waals surface area contributed by atoms with Crippen LogP contribution >= 0.6 is 24.2 Å². The lowest BCUT2D eigenvalue weighted by Gasteiger charge is -2.15. The molecule has 1 unspecified atom stereocenters. The molecule has 1 saturated heterocycles. The lowest BCUT2D eigenvalue weighted by Crippen LogP contribution is -2.30. The molecule has 4 nitrogen and oxygen atoms in total. The Morgan fingerprint density at radius 2 is 2.22 bits per heavy atom. The van der Waals surface area contributed by atoms with E-state index in [1.165, 1.54) is 4.90 Å². The summed E-state index contributed by atoms with van der Waals surface area (Å²) in [7, 11) is 0. The van der Waals surface area contributed by atoms with Crippen molar-refractivity contribution in [1.82, 2.24) is 0 Å². The van der Waals surface area contributed by atoms with Gasteiger partial charge in [-0.3, -0.25) is 4.79 Å². The number of carbonyl (C=O) groups excluding carboxylic acids is 1. The van der Waals surface area contributed by atoms with Crippen molar-refractivity contribution in [3.05, 3.63) is 23.8 Å². The van der Waals surface area contributed by atoms with Crippen molar-refractivity contribution < 1.29 is 9.53 Å². The quantitative estimate of drug-likeness (QED) is 0.760. The highest BCUT2D eigenvalue weighted by atomic mass is 35.5. The number of hydrogen-bond donors (Lipinski definition) is 2. The number of rotatable bonds is 6. The molecule has 0 bridgehead atoms. The van der Waals surface area contributed by atoms with E-state index in [9.17, 15) is 4.79 Å². The molecule has 1 aliphatic heterocycles. The number of halogens is 1. The molecule has 1 aliphatic rings. The van der Waals surface area contributed by atoms with Crippen LogP contribution in [-0.4, -0.2) is 29.9 Å². The van der Waals surface area contributed by atoms with Crippen molar-refractivity contribution in [2.75, 3.05) is 11.9 Å². The Bertz CT molecular complexity index is 527. The molecule has 1 amide bonds. The van der Waals surface area contributed by atoms with Crippen LogP contribution in [0.5, 0.6) is 0 Å². The number of nitrogens with two attached hydrogens (primary N) is 1. The van der Waals surface area contributed by atoms with Crippen molar-refractivity contribution in [2.45, 2.75) is 62.4 Å². The average Bonchev–Trinajstić information content (AvgIpc) is 2.99. The summed E-state index contributed by atoms with van der Waals surface area (Å²) in [5, 5.41) is 3.57. The van der Waals surface area contributed by atoms with E-state index in [2.05, 4.69) is 31.3 Å². The van der Waals surface area contributed by atoms with Gasteiger partial charge in [0.2, 0.25) is 0 Å². The van der Waals surface area contributed by atoms with E-state index in [0.29, 0.717) is 11.8 Å². The van der Waals surface area contributed by atoms with Crippen LogP contribution < -0.4 is 11.1 Å². The molecule has 0 spiro atoms. The van der Waals surface area contributed by atoms with Crippen LogP contribution in [0.15, 0.2) is 23.1 Å². The molecule has 6 heteroatoms. The van der Waals surface area contributed by atoms with Gasteiger partial charge in [0.05, 0.1) is 6.10 Å². The van der Waals surface area contributed by atoms with Crippen LogP contribution in [0.3, 0.4) is 0 Å². The minimum Gasteiger partial charge on any atom is -0.364 e. The largest absolute Gasteiger partial charge is 0.364 e. The first-order valence-corrected chi connectivity index (χ1v) is 8.85. The summed E-state index contributed by atoms with van der Waals surface area (Å²) in [6, 6.07) is 6.18. The second kappa shape index (κ2) is 9.52. The Hall–Kier alpha value is -0.750. The predicted molar refractivity (Wildman–Crippen MR) is 99.6 cm³/mol. The van der Waals surface area contributed by atoms with Crippen LogP contribution in [0.25, 0.3) is 0 Å². The van der Waals surface area contributed by atoms with E-state index < -0.39 is 0 Å². The SMILES string of the molecule is CCC(C)Sc1ccc(NC(=O)[C@@H]2CC[C@H](CN)O2)c(C)c1.Cl. The fourth-order valence-electron chi connectivity index (χ4n) is 2.45. The maximum absolute atomic E-state index is 12.3. The number of carbonyl (C=O) groups is 1. The van der Waals surface area contributed by atoms with E-state index in [0.717, 1.165) is 30.5 Å². The molecule has 2 rings (SSSR count). The first kappa shape index (κ1) is 20.3. The second-order valence-electron chi connectivity index (χ2n) is 5.86. The van der Waals surface area contributed by atoms with E-state index in [4.69, 9.17) is 10.5 Å². The third-order valence-electron chi connectivity index (χ3n) is 4.03. The van der Waals surface area contributed by atoms with Gasteiger partial charge in [-0.25, -0.2) is 0 Å². The summed E-state index contributed by atoms with van der Waals surface area (Å²) < 4.78 is 5.63. The molecule has 1 heterocycles. The topological polar surface area (TPSA) is 64.4 Å². The highest BCUT2D eigenvalue weighted by Gasteiger charge is 2.30. The highest BCUT2D eigenvalue weighted by molar-refractivity contribution is 7.99. The Balaban J connectivity index is 0.00000264. The first-order chi connectivity index (χ1) is 10.5. The standard InChI is InChI=1S/C17H26N2O2S.ClH/c1-4-12(3)22-14-6-7-15(11(2)9-14)19-17(20)16-8-5-13(10-18)21-16;/h6-7,9,12-13,16H,4-5,8,10,18H2,1-3H3,(H,19,20);1H/t12?,13-,16+;/m1./s1. The molecule has 0 aromatic heterocycles. The van der Waals surface area contributed by atoms with Crippen LogP contribution in [0, 0.1) is 6.92 Å². The summed E-state index contributed by atoms with van der Waals surface area (Å²) in [4.78, 5) is 13.5. The lowest BCUT2D eigenvalue weighted by atomic mass is 10.1. The Labute approximate surface area is 149 Å².